The topological polar surface area (TPSA) is 73.9 Å². The van der Waals surface area contributed by atoms with Crippen molar-refractivity contribution in [2.45, 2.75) is 4.90 Å². The highest BCUT2D eigenvalue weighted by Crippen LogP contribution is 2.32. The zero-order chi connectivity index (χ0) is 17.9. The maximum Gasteiger partial charge on any atom is 0.240 e. The van der Waals surface area contributed by atoms with Crippen LogP contribution in [0, 0.1) is 11.6 Å². The van der Waals surface area contributed by atoms with E-state index in [-0.39, 0.29) is 23.8 Å². The van der Waals surface area contributed by atoms with E-state index >= 15 is 0 Å². The molecule has 0 fully saturated rings. The SMILES string of the molecule is O=S(=O)(NCCOc1ccc(F)cc1F)c1ccc2c(c1)OCCO2. The Kier molecular flexibility index (Phi) is 5.05. The summed E-state index contributed by atoms with van der Waals surface area (Å²) in [7, 11) is -3.78. The minimum Gasteiger partial charge on any atom is -0.489 e. The molecule has 0 unspecified atom stereocenters. The molecule has 0 bridgehead atoms. The highest BCUT2D eigenvalue weighted by Gasteiger charge is 2.19. The molecule has 0 aliphatic carbocycles. The molecule has 0 saturated carbocycles. The average molecular weight is 371 g/mol. The van der Waals surface area contributed by atoms with E-state index in [0.29, 0.717) is 30.8 Å². The lowest BCUT2D eigenvalue weighted by molar-refractivity contribution is 0.171. The van der Waals surface area contributed by atoms with Crippen molar-refractivity contribution in [2.24, 2.45) is 0 Å². The molecular formula is C16H15F2NO5S. The number of nitrogens with one attached hydrogen (secondary N) is 1. The van der Waals surface area contributed by atoms with E-state index in [1.54, 1.807) is 0 Å². The van der Waals surface area contributed by atoms with E-state index in [4.69, 9.17) is 14.2 Å². The van der Waals surface area contributed by atoms with Crippen LogP contribution < -0.4 is 18.9 Å². The summed E-state index contributed by atoms with van der Waals surface area (Å²) in [6, 6.07) is 7.17. The van der Waals surface area contributed by atoms with Crippen molar-refractivity contribution < 1.29 is 31.4 Å². The maximum atomic E-state index is 13.4. The molecular weight excluding hydrogens is 356 g/mol. The van der Waals surface area contributed by atoms with E-state index in [1.165, 1.54) is 18.2 Å². The lowest BCUT2D eigenvalue weighted by Gasteiger charge is -2.19. The molecule has 1 heterocycles. The first-order valence-electron chi connectivity index (χ1n) is 7.43. The number of sulfonamides is 1. The summed E-state index contributed by atoms with van der Waals surface area (Å²) in [6.07, 6.45) is 0. The summed E-state index contributed by atoms with van der Waals surface area (Å²) in [4.78, 5) is 0.0183. The molecule has 1 aliphatic heterocycles. The molecule has 0 atom stereocenters. The van der Waals surface area contributed by atoms with Gasteiger partial charge in [-0.2, -0.15) is 0 Å². The van der Waals surface area contributed by atoms with Gasteiger partial charge in [0.05, 0.1) is 4.90 Å². The van der Waals surface area contributed by atoms with Crippen molar-refractivity contribution in [2.75, 3.05) is 26.4 Å². The van der Waals surface area contributed by atoms with E-state index in [0.717, 1.165) is 12.1 Å². The molecule has 6 nitrogen and oxygen atoms in total. The summed E-state index contributed by atoms with van der Waals surface area (Å²) in [5.41, 5.74) is 0. The second-order valence-electron chi connectivity index (χ2n) is 5.13. The molecule has 3 rings (SSSR count). The minimum absolute atomic E-state index is 0.0183. The lowest BCUT2D eigenvalue weighted by atomic mass is 10.3. The fourth-order valence-electron chi connectivity index (χ4n) is 2.20. The van der Waals surface area contributed by atoms with Crippen molar-refractivity contribution in [1.82, 2.24) is 4.72 Å². The molecule has 0 amide bonds. The van der Waals surface area contributed by atoms with Crippen LogP contribution in [0.1, 0.15) is 0 Å². The lowest BCUT2D eigenvalue weighted by Crippen LogP contribution is -2.28. The van der Waals surface area contributed by atoms with Gasteiger partial charge in [0.1, 0.15) is 25.6 Å². The minimum atomic E-state index is -3.78. The molecule has 0 radical (unpaired) electrons. The number of hydrogen-bond donors (Lipinski definition) is 1. The fourth-order valence-corrected chi connectivity index (χ4v) is 3.23. The van der Waals surface area contributed by atoms with Gasteiger partial charge >= 0.3 is 0 Å². The number of fused-ring (bicyclic) bond motifs is 1. The molecule has 1 N–H and O–H groups in total. The first kappa shape index (κ1) is 17.4. The molecule has 2 aromatic carbocycles. The van der Waals surface area contributed by atoms with Gasteiger partial charge in [-0.05, 0) is 24.3 Å². The van der Waals surface area contributed by atoms with E-state index in [1.807, 2.05) is 0 Å². The molecule has 0 aromatic heterocycles. The Morgan fingerprint density at radius 3 is 2.56 bits per heavy atom. The van der Waals surface area contributed by atoms with Crippen LogP contribution in [0.4, 0.5) is 8.78 Å². The predicted octanol–water partition coefficient (Wildman–Crippen LogP) is 2.09. The van der Waals surface area contributed by atoms with Gasteiger partial charge in [-0.1, -0.05) is 0 Å². The standard InChI is InChI=1S/C16H15F2NO5S/c17-11-1-3-14(13(18)9-11)22-6-5-19-25(20,21)12-2-4-15-16(10-12)24-8-7-23-15/h1-4,9-10,19H,5-8H2. The third-order valence-electron chi connectivity index (χ3n) is 3.37. The van der Waals surface area contributed by atoms with Gasteiger partial charge in [0.25, 0.3) is 0 Å². The molecule has 134 valence electrons. The van der Waals surface area contributed by atoms with Crippen molar-refractivity contribution >= 4 is 10.0 Å². The van der Waals surface area contributed by atoms with Crippen LogP contribution in [0.2, 0.25) is 0 Å². The number of halogens is 2. The van der Waals surface area contributed by atoms with E-state index in [2.05, 4.69) is 4.72 Å². The van der Waals surface area contributed by atoms with Crippen molar-refractivity contribution in [1.29, 1.82) is 0 Å². The molecule has 2 aromatic rings. The summed E-state index contributed by atoms with van der Waals surface area (Å²) < 4.78 is 68.8. The van der Waals surface area contributed by atoms with Crippen LogP contribution in [0.15, 0.2) is 41.3 Å². The Labute approximate surface area is 143 Å². The first-order valence-corrected chi connectivity index (χ1v) is 8.91. The number of benzene rings is 2. The number of rotatable bonds is 6. The van der Waals surface area contributed by atoms with Gasteiger partial charge in [0.15, 0.2) is 23.1 Å². The Morgan fingerprint density at radius 1 is 1.04 bits per heavy atom. The largest absolute Gasteiger partial charge is 0.489 e. The molecule has 25 heavy (non-hydrogen) atoms. The van der Waals surface area contributed by atoms with Crippen LogP contribution >= 0.6 is 0 Å². The van der Waals surface area contributed by atoms with Crippen LogP contribution in [-0.4, -0.2) is 34.8 Å². The summed E-state index contributed by atoms with van der Waals surface area (Å²) in [5, 5.41) is 0. The highest BCUT2D eigenvalue weighted by molar-refractivity contribution is 7.89. The predicted molar refractivity (Wildman–Crippen MR) is 84.5 cm³/mol. The second kappa shape index (κ2) is 7.24. The van der Waals surface area contributed by atoms with Gasteiger partial charge in [-0.15, -0.1) is 0 Å². The zero-order valence-electron chi connectivity index (χ0n) is 13.0. The maximum absolute atomic E-state index is 13.4. The molecule has 9 heteroatoms. The van der Waals surface area contributed by atoms with Crippen LogP contribution in [0.5, 0.6) is 17.2 Å². The second-order valence-corrected chi connectivity index (χ2v) is 6.89. The van der Waals surface area contributed by atoms with Gasteiger partial charge in [0.2, 0.25) is 10.0 Å². The monoisotopic (exact) mass is 371 g/mol. The third kappa shape index (κ3) is 4.18. The Hall–Kier alpha value is -2.39. The van der Waals surface area contributed by atoms with Crippen LogP contribution in [-0.2, 0) is 10.0 Å². The summed E-state index contributed by atoms with van der Waals surface area (Å²) >= 11 is 0. The normalized spacial score (nSPS) is 13.5. The number of ether oxygens (including phenoxy) is 3. The smallest absolute Gasteiger partial charge is 0.240 e. The highest BCUT2D eigenvalue weighted by atomic mass is 32.2. The van der Waals surface area contributed by atoms with Crippen molar-refractivity contribution in [3.63, 3.8) is 0 Å². The Bertz CT molecular complexity index is 873. The van der Waals surface area contributed by atoms with E-state index < -0.39 is 21.7 Å². The summed E-state index contributed by atoms with van der Waals surface area (Å²) in [6.45, 7) is 0.551. The quantitative estimate of drug-likeness (QED) is 0.787. The van der Waals surface area contributed by atoms with Crippen molar-refractivity contribution in [3.05, 3.63) is 48.0 Å². The summed E-state index contributed by atoms with van der Waals surface area (Å²) in [5.74, 6) is -0.877. The van der Waals surface area contributed by atoms with Gasteiger partial charge in [-0.3, -0.25) is 0 Å². The fraction of sp³-hybridized carbons (Fsp3) is 0.250. The number of hydrogen-bond acceptors (Lipinski definition) is 5. The van der Waals surface area contributed by atoms with Crippen LogP contribution in [0.25, 0.3) is 0 Å². The van der Waals surface area contributed by atoms with Gasteiger partial charge < -0.3 is 14.2 Å². The van der Waals surface area contributed by atoms with Crippen LogP contribution in [0.3, 0.4) is 0 Å². The van der Waals surface area contributed by atoms with Crippen molar-refractivity contribution in [3.8, 4) is 17.2 Å². The Balaban J connectivity index is 1.58. The average Bonchev–Trinajstić information content (AvgIpc) is 2.60. The molecule has 0 spiro atoms. The third-order valence-corrected chi connectivity index (χ3v) is 4.83. The van der Waals surface area contributed by atoms with Gasteiger partial charge in [-0.25, -0.2) is 21.9 Å². The van der Waals surface area contributed by atoms with Gasteiger partial charge in [0, 0.05) is 18.7 Å². The molecule has 0 saturated heterocycles. The van der Waals surface area contributed by atoms with E-state index in [9.17, 15) is 17.2 Å². The zero-order valence-corrected chi connectivity index (χ0v) is 13.8. The Morgan fingerprint density at radius 2 is 1.80 bits per heavy atom. The first-order chi connectivity index (χ1) is 12.0. The molecule has 1 aliphatic rings.